The van der Waals surface area contributed by atoms with Crippen LogP contribution in [0.3, 0.4) is 0 Å². The third kappa shape index (κ3) is 14.4. The van der Waals surface area contributed by atoms with Crippen LogP contribution in [0.1, 0.15) is 134 Å². The lowest BCUT2D eigenvalue weighted by Gasteiger charge is -2.41. The fraction of sp³-hybridized carbons (Fsp3) is 0.878. The summed E-state index contributed by atoms with van der Waals surface area (Å²) in [4.78, 5) is 82.3. The van der Waals surface area contributed by atoms with Crippen LogP contribution in [-0.2, 0) is 52.1 Å². The van der Waals surface area contributed by atoms with E-state index in [1.54, 1.807) is 41.5 Å². The van der Waals surface area contributed by atoms with Gasteiger partial charge in [0.25, 0.3) is 0 Å². The van der Waals surface area contributed by atoms with Crippen molar-refractivity contribution in [2.24, 2.45) is 64.6 Å². The van der Waals surface area contributed by atoms with Gasteiger partial charge in [0.05, 0.1) is 35.0 Å². The number of rotatable bonds is 20. The fourth-order valence-electron chi connectivity index (χ4n) is 12.0. The molecule has 2 aliphatic heterocycles. The molecule has 65 heavy (non-hydrogen) atoms. The van der Waals surface area contributed by atoms with E-state index in [-0.39, 0.29) is 57.7 Å². The van der Waals surface area contributed by atoms with Gasteiger partial charge in [-0.15, -0.1) is 0 Å². The van der Waals surface area contributed by atoms with Crippen LogP contribution in [-0.4, -0.2) is 99.0 Å². The number of carbonyl (C=O) groups is 6. The summed E-state index contributed by atoms with van der Waals surface area (Å²) >= 11 is 0. The number of carbonyl (C=O) groups excluding carboxylic acids is 5. The Labute approximate surface area is 397 Å². The minimum atomic E-state index is -1.85. The van der Waals surface area contributed by atoms with Crippen molar-refractivity contribution in [1.82, 2.24) is 0 Å². The predicted octanol–water partition coefficient (Wildman–Crippen LogP) is 9.67. The van der Waals surface area contributed by atoms with Crippen molar-refractivity contribution >= 4 is 70.5 Å². The van der Waals surface area contributed by atoms with Crippen molar-refractivity contribution in [2.75, 3.05) is 6.61 Å². The SMILES string of the molecule is CCC(C)C(=O)OC(C)(C)CCC(C)(C)OC(=O)C(CC)CC(C)(CC(C(=O)OC(C)(C)C)C1C(=O)OC(=O)C1C1C2CC(CO[Si]3(C)C[Si](C)C[Si](C)C[Si](C)C3)C(C2)C1C)C(=O)O. The zero-order valence-corrected chi connectivity index (χ0v) is 46.9. The molecule has 4 fully saturated rings. The lowest BCUT2D eigenvalue weighted by molar-refractivity contribution is -0.173. The van der Waals surface area contributed by atoms with Gasteiger partial charge in [0.1, 0.15) is 16.8 Å². The fourth-order valence-corrected chi connectivity index (χ4v) is 38.4. The van der Waals surface area contributed by atoms with Gasteiger partial charge >= 0.3 is 35.8 Å². The summed E-state index contributed by atoms with van der Waals surface area (Å²) in [7, 11) is -2.89. The maximum Gasteiger partial charge on any atom is 0.318 e. The number of hydrogen-bond acceptors (Lipinski definition) is 11. The van der Waals surface area contributed by atoms with Gasteiger partial charge in [-0.3, -0.25) is 28.8 Å². The van der Waals surface area contributed by atoms with Crippen molar-refractivity contribution < 1.29 is 57.2 Å². The van der Waals surface area contributed by atoms with Gasteiger partial charge in [-0.1, -0.05) is 58.7 Å². The Kier molecular flexibility index (Phi) is 18.5. The Morgan fingerprint density at radius 1 is 0.785 bits per heavy atom. The molecule has 12 nitrogen and oxygen atoms in total. The number of carboxylic acid groups (broad SMARTS) is 1. The molecule has 4 aliphatic rings. The molecular formula is C49H85O12Si4. The molecule has 2 saturated carbocycles. The van der Waals surface area contributed by atoms with Crippen LogP contribution in [0, 0.1) is 64.6 Å². The van der Waals surface area contributed by atoms with E-state index in [2.05, 4.69) is 33.1 Å². The first-order valence-electron chi connectivity index (χ1n) is 24.6. The third-order valence-electron chi connectivity index (χ3n) is 15.3. The Hall–Kier alpha value is -2.15. The minimum absolute atomic E-state index is 0.0622. The molecule has 2 heterocycles. The predicted molar refractivity (Wildman–Crippen MR) is 259 cm³/mol. The topological polar surface area (TPSA) is 169 Å². The molecule has 4 rings (SSSR count). The molecule has 2 aliphatic carbocycles. The molecule has 2 saturated heterocycles. The van der Waals surface area contributed by atoms with Gasteiger partial charge in [0, 0.05) is 33.0 Å². The first-order valence-corrected chi connectivity index (χ1v) is 34.7. The van der Waals surface area contributed by atoms with Gasteiger partial charge < -0.3 is 28.5 Å². The van der Waals surface area contributed by atoms with E-state index in [1.807, 2.05) is 27.7 Å². The monoisotopic (exact) mass is 978 g/mol. The summed E-state index contributed by atoms with van der Waals surface area (Å²) in [5.41, 5.74) is 1.12. The van der Waals surface area contributed by atoms with E-state index < -0.39 is 102 Å². The summed E-state index contributed by atoms with van der Waals surface area (Å²) in [6.45, 7) is 32.3. The van der Waals surface area contributed by atoms with Crippen LogP contribution >= 0.6 is 0 Å². The van der Waals surface area contributed by atoms with Crippen LogP contribution < -0.4 is 0 Å². The highest BCUT2D eigenvalue weighted by Gasteiger charge is 2.63. The molecule has 11 unspecified atom stereocenters. The van der Waals surface area contributed by atoms with E-state index in [4.69, 9.17) is 23.4 Å². The Morgan fingerprint density at radius 3 is 1.83 bits per heavy atom. The van der Waals surface area contributed by atoms with Crippen molar-refractivity contribution in [3.8, 4) is 0 Å². The van der Waals surface area contributed by atoms with Crippen LogP contribution in [0.15, 0.2) is 0 Å². The second-order valence-corrected chi connectivity index (χ2v) is 38.5. The number of fused-ring (bicyclic) bond motifs is 2. The van der Waals surface area contributed by atoms with Gasteiger partial charge in [-0.05, 0) is 154 Å². The summed E-state index contributed by atoms with van der Waals surface area (Å²) in [5, 5.41) is 11.0. The average Bonchev–Trinajstić information content (AvgIpc) is 3.81. The largest absolute Gasteiger partial charge is 0.481 e. The molecule has 0 aromatic heterocycles. The highest BCUT2D eigenvalue weighted by Crippen LogP contribution is 2.60. The molecule has 2 bridgehead atoms. The summed E-state index contributed by atoms with van der Waals surface area (Å²) in [6.07, 6.45) is 2.99. The molecule has 0 aromatic rings. The van der Waals surface area contributed by atoms with Gasteiger partial charge in [0.15, 0.2) is 8.32 Å². The summed E-state index contributed by atoms with van der Waals surface area (Å²) in [5.74, 6) is -8.27. The molecule has 1 N–H and O–H groups in total. The molecule has 0 amide bonds. The number of carboxylic acids is 1. The number of cyclic esters (lactones) is 2. The second-order valence-electron chi connectivity index (χ2n) is 23.9. The third-order valence-corrected chi connectivity index (χ3v) is 36.6. The van der Waals surface area contributed by atoms with Crippen molar-refractivity contribution in [2.45, 2.75) is 200 Å². The van der Waals surface area contributed by atoms with Crippen LogP contribution in [0.4, 0.5) is 0 Å². The number of ether oxygens (including phenoxy) is 4. The van der Waals surface area contributed by atoms with E-state index in [1.165, 1.54) is 29.6 Å². The molecule has 0 spiro atoms. The first-order chi connectivity index (χ1) is 29.8. The van der Waals surface area contributed by atoms with E-state index in [9.17, 15) is 33.9 Å². The van der Waals surface area contributed by atoms with Gasteiger partial charge in [-0.25, -0.2) is 0 Å². The van der Waals surface area contributed by atoms with E-state index in [0.717, 1.165) is 19.4 Å². The molecule has 0 aromatic carbocycles. The first kappa shape index (κ1) is 55.4. The van der Waals surface area contributed by atoms with E-state index >= 15 is 0 Å². The van der Waals surface area contributed by atoms with Crippen LogP contribution in [0.2, 0.25) is 48.9 Å². The smallest absolute Gasteiger partial charge is 0.318 e. The standard InChI is InChI=1S/C49H85O12Si4/c1-17-30(3)40(50)60-47(8,9)19-20-48(10,11)61-41(51)32(18-2)23-49(12,45(55)56)24-36(42(52)59-46(5,6)7)38-39(44(54)58-43(38)53)37-31(4)35-22-33(37)21-34(35)25-57-65(16)28-63(14)26-62(13)27-64(15)29-65/h30-39H,17-29H2,1-16H3,(H,55,56). The number of aliphatic carboxylic acids is 1. The highest BCUT2D eigenvalue weighted by molar-refractivity contribution is 6.98. The summed E-state index contributed by atoms with van der Waals surface area (Å²) in [6, 6.07) is 0. The second kappa shape index (κ2) is 21.6. The van der Waals surface area contributed by atoms with E-state index in [0.29, 0.717) is 31.1 Å². The molecule has 3 radical (unpaired) electrons. The summed E-state index contributed by atoms with van der Waals surface area (Å²) < 4.78 is 30.3. The maximum atomic E-state index is 14.4. The number of hydrogen-bond donors (Lipinski definition) is 1. The molecule has 16 heteroatoms. The number of esters is 5. The zero-order valence-electron chi connectivity index (χ0n) is 42.9. The van der Waals surface area contributed by atoms with Crippen molar-refractivity contribution in [1.29, 1.82) is 0 Å². The normalized spacial score (nSPS) is 29.3. The molecule has 369 valence electrons. The minimum Gasteiger partial charge on any atom is -0.481 e. The lowest BCUT2D eigenvalue weighted by atomic mass is 9.62. The quantitative estimate of drug-likeness (QED) is 0.0532. The van der Waals surface area contributed by atoms with Gasteiger partial charge in [0.2, 0.25) is 0 Å². The Balaban J connectivity index is 1.54. The Bertz CT molecular complexity index is 1710. The zero-order chi connectivity index (χ0) is 49.2. The van der Waals surface area contributed by atoms with Crippen LogP contribution in [0.25, 0.3) is 0 Å². The maximum absolute atomic E-state index is 14.4. The lowest BCUT2D eigenvalue weighted by Crippen LogP contribution is -2.48. The molecular weight excluding hydrogens is 893 g/mol. The highest BCUT2D eigenvalue weighted by atomic mass is 28.4. The van der Waals surface area contributed by atoms with Crippen molar-refractivity contribution in [3.05, 3.63) is 0 Å². The van der Waals surface area contributed by atoms with Gasteiger partial charge in [-0.2, -0.15) is 0 Å². The Morgan fingerprint density at radius 2 is 1.34 bits per heavy atom. The van der Waals surface area contributed by atoms with Crippen molar-refractivity contribution in [3.63, 3.8) is 0 Å². The van der Waals surface area contributed by atoms with Crippen LogP contribution in [0.5, 0.6) is 0 Å². The molecule has 11 atom stereocenters. The average molecular weight is 979 g/mol.